The molecular weight excluding hydrogens is 444 g/mol. The Labute approximate surface area is 203 Å². The van der Waals surface area contributed by atoms with Gasteiger partial charge in [0.2, 0.25) is 0 Å². The van der Waals surface area contributed by atoms with E-state index in [2.05, 4.69) is 39.9 Å². The van der Waals surface area contributed by atoms with E-state index in [4.69, 9.17) is 10.5 Å². The molecule has 0 bridgehead atoms. The van der Waals surface area contributed by atoms with Crippen LogP contribution in [0.25, 0.3) is 10.2 Å². The minimum atomic E-state index is -0.0798. The van der Waals surface area contributed by atoms with Crippen molar-refractivity contribution in [2.45, 2.75) is 25.8 Å². The van der Waals surface area contributed by atoms with Crippen molar-refractivity contribution in [3.8, 4) is 5.75 Å². The molecule has 0 aliphatic carbocycles. The number of carbonyl (C=O) groups excluding carboxylic acids is 1. The second-order valence-corrected chi connectivity index (χ2v) is 9.63. The summed E-state index contributed by atoms with van der Waals surface area (Å²) < 4.78 is 8.82. The topological polar surface area (TPSA) is 72.5 Å². The number of nitrogens with one attached hydrogen (secondary N) is 1. The molecule has 0 atom stereocenters. The Kier molecular flexibility index (Phi) is 6.56. The Bertz CT molecular complexity index is 1290. The number of ether oxygens (including phenoxy) is 1. The third kappa shape index (κ3) is 4.54. The smallest absolute Gasteiger partial charge is 0.272 e. The third-order valence-corrected chi connectivity index (χ3v) is 7.22. The van der Waals surface area contributed by atoms with Crippen LogP contribution in [0.5, 0.6) is 5.75 Å². The standard InChI is InChI=1S/C27H30N4O2S/c1-30-23-12-16-34-25(23)17-24(30)27(32)29-22-7-2-5-20-6-3-14-31(26(20)22)18-19-8-10-21(11-9-19)33-15-4-13-28/h2,5,7-12,16-17H,3-4,6,13-15,18,28H2,1H3,(H,29,32). The normalized spacial score (nSPS) is 13.2. The van der Waals surface area contributed by atoms with E-state index in [9.17, 15) is 4.79 Å². The van der Waals surface area contributed by atoms with E-state index < -0.39 is 0 Å². The zero-order chi connectivity index (χ0) is 23.5. The molecule has 2 aromatic heterocycles. The van der Waals surface area contributed by atoms with Gasteiger partial charge < -0.3 is 25.3 Å². The number of rotatable bonds is 8. The van der Waals surface area contributed by atoms with Crippen molar-refractivity contribution in [1.29, 1.82) is 0 Å². The van der Waals surface area contributed by atoms with Gasteiger partial charge in [0.1, 0.15) is 11.4 Å². The molecule has 3 heterocycles. The number of amides is 1. The molecule has 0 saturated carbocycles. The first-order valence-corrected chi connectivity index (χ1v) is 12.6. The molecule has 176 valence electrons. The van der Waals surface area contributed by atoms with Crippen LogP contribution >= 0.6 is 11.3 Å². The molecule has 4 aromatic rings. The molecule has 0 saturated heterocycles. The van der Waals surface area contributed by atoms with Gasteiger partial charge in [-0.3, -0.25) is 4.79 Å². The van der Waals surface area contributed by atoms with Crippen molar-refractivity contribution >= 4 is 38.8 Å². The Morgan fingerprint density at radius 1 is 1.18 bits per heavy atom. The summed E-state index contributed by atoms with van der Waals surface area (Å²) in [7, 11) is 1.94. The first-order valence-electron chi connectivity index (χ1n) is 11.8. The van der Waals surface area contributed by atoms with E-state index >= 15 is 0 Å². The van der Waals surface area contributed by atoms with Gasteiger partial charge in [-0.1, -0.05) is 24.3 Å². The molecule has 1 amide bonds. The molecule has 5 rings (SSSR count). The zero-order valence-electron chi connectivity index (χ0n) is 19.4. The molecule has 0 unspecified atom stereocenters. The lowest BCUT2D eigenvalue weighted by molar-refractivity contribution is 0.102. The number of hydrogen-bond donors (Lipinski definition) is 2. The molecule has 34 heavy (non-hydrogen) atoms. The predicted molar refractivity (Wildman–Crippen MR) is 140 cm³/mol. The van der Waals surface area contributed by atoms with Gasteiger partial charge in [-0.15, -0.1) is 11.3 Å². The maximum absolute atomic E-state index is 13.2. The molecule has 1 aliphatic heterocycles. The van der Waals surface area contributed by atoms with Gasteiger partial charge in [0.15, 0.2) is 0 Å². The lowest BCUT2D eigenvalue weighted by atomic mass is 9.99. The van der Waals surface area contributed by atoms with Crippen LogP contribution in [0.1, 0.15) is 34.5 Å². The minimum Gasteiger partial charge on any atom is -0.494 e. The Morgan fingerprint density at radius 2 is 2.03 bits per heavy atom. The molecule has 1 aliphatic rings. The van der Waals surface area contributed by atoms with E-state index in [1.807, 2.05) is 41.9 Å². The maximum Gasteiger partial charge on any atom is 0.272 e. The van der Waals surface area contributed by atoms with E-state index in [1.165, 1.54) is 11.1 Å². The molecule has 0 spiro atoms. The second-order valence-electron chi connectivity index (χ2n) is 8.69. The van der Waals surface area contributed by atoms with E-state index in [0.29, 0.717) is 18.8 Å². The number of fused-ring (bicyclic) bond motifs is 2. The third-order valence-electron chi connectivity index (χ3n) is 6.37. The highest BCUT2D eigenvalue weighted by Crippen LogP contribution is 2.36. The van der Waals surface area contributed by atoms with Crippen molar-refractivity contribution in [1.82, 2.24) is 4.57 Å². The summed E-state index contributed by atoms with van der Waals surface area (Å²) in [5.74, 6) is 0.787. The summed E-state index contributed by atoms with van der Waals surface area (Å²) in [6, 6.07) is 18.5. The lowest BCUT2D eigenvalue weighted by Crippen LogP contribution is -2.30. The first-order chi connectivity index (χ1) is 16.6. The summed E-state index contributed by atoms with van der Waals surface area (Å²) in [6.45, 7) is 3.00. The number of anilines is 2. The van der Waals surface area contributed by atoms with Crippen LogP contribution < -0.4 is 20.7 Å². The van der Waals surface area contributed by atoms with Crippen molar-refractivity contribution in [2.75, 3.05) is 29.9 Å². The molecule has 0 fully saturated rings. The van der Waals surface area contributed by atoms with Crippen LogP contribution in [-0.2, 0) is 20.0 Å². The summed E-state index contributed by atoms with van der Waals surface area (Å²) in [6.07, 6.45) is 2.96. The fourth-order valence-electron chi connectivity index (χ4n) is 4.64. The maximum atomic E-state index is 13.2. The number of para-hydroxylation sites is 1. The number of thiophene rings is 1. The van der Waals surface area contributed by atoms with Crippen molar-refractivity contribution in [3.05, 3.63) is 76.8 Å². The van der Waals surface area contributed by atoms with Crippen molar-refractivity contribution in [2.24, 2.45) is 12.8 Å². The van der Waals surface area contributed by atoms with Gasteiger partial charge in [-0.2, -0.15) is 0 Å². The molecule has 3 N–H and O–H groups in total. The number of aromatic nitrogens is 1. The number of hydrogen-bond acceptors (Lipinski definition) is 5. The van der Waals surface area contributed by atoms with E-state index in [1.54, 1.807) is 11.3 Å². The van der Waals surface area contributed by atoms with Gasteiger partial charge in [0.25, 0.3) is 5.91 Å². The fraction of sp³-hybridized carbons (Fsp3) is 0.296. The Hall–Kier alpha value is -3.29. The first kappa shape index (κ1) is 22.5. The number of aryl methyl sites for hydroxylation is 2. The van der Waals surface area contributed by atoms with Crippen LogP contribution in [0, 0.1) is 0 Å². The fourth-order valence-corrected chi connectivity index (χ4v) is 5.49. The average molecular weight is 475 g/mol. The van der Waals surface area contributed by atoms with Crippen LogP contribution in [-0.4, -0.2) is 30.2 Å². The quantitative estimate of drug-likeness (QED) is 0.346. The molecular formula is C27H30N4O2S. The average Bonchev–Trinajstić information content (AvgIpc) is 3.43. The van der Waals surface area contributed by atoms with Gasteiger partial charge in [0.05, 0.1) is 28.2 Å². The van der Waals surface area contributed by atoms with Gasteiger partial charge >= 0.3 is 0 Å². The molecule has 2 aromatic carbocycles. The van der Waals surface area contributed by atoms with Crippen LogP contribution in [0.4, 0.5) is 11.4 Å². The predicted octanol–water partition coefficient (Wildman–Crippen LogP) is 5.17. The summed E-state index contributed by atoms with van der Waals surface area (Å²) >= 11 is 1.65. The SMILES string of the molecule is Cn1c(C(=O)Nc2cccc3c2N(Cc2ccc(OCCCN)cc2)CCC3)cc2sccc21. The number of nitrogens with two attached hydrogens (primary N) is 1. The van der Waals surface area contributed by atoms with Gasteiger partial charge in [0, 0.05) is 20.1 Å². The highest BCUT2D eigenvalue weighted by atomic mass is 32.1. The number of carbonyl (C=O) groups is 1. The number of nitrogens with zero attached hydrogens (tertiary/aromatic N) is 2. The number of benzene rings is 2. The molecule has 0 radical (unpaired) electrons. The van der Waals surface area contributed by atoms with Crippen LogP contribution in [0.3, 0.4) is 0 Å². The summed E-state index contributed by atoms with van der Waals surface area (Å²) in [5.41, 5.74) is 11.8. The van der Waals surface area contributed by atoms with Crippen LogP contribution in [0.2, 0.25) is 0 Å². The van der Waals surface area contributed by atoms with E-state index in [0.717, 1.165) is 59.7 Å². The minimum absolute atomic E-state index is 0.0798. The van der Waals surface area contributed by atoms with Crippen molar-refractivity contribution in [3.63, 3.8) is 0 Å². The highest BCUT2D eigenvalue weighted by Gasteiger charge is 2.23. The van der Waals surface area contributed by atoms with Gasteiger partial charge in [-0.25, -0.2) is 0 Å². The van der Waals surface area contributed by atoms with E-state index in [-0.39, 0.29) is 5.91 Å². The second kappa shape index (κ2) is 9.91. The van der Waals surface area contributed by atoms with Crippen LogP contribution in [0.15, 0.2) is 60.0 Å². The largest absolute Gasteiger partial charge is 0.494 e. The Balaban J connectivity index is 1.36. The summed E-state index contributed by atoms with van der Waals surface area (Å²) in [5, 5.41) is 5.26. The zero-order valence-corrected chi connectivity index (χ0v) is 20.2. The lowest BCUT2D eigenvalue weighted by Gasteiger charge is -2.33. The molecule has 6 nitrogen and oxygen atoms in total. The van der Waals surface area contributed by atoms with Crippen molar-refractivity contribution < 1.29 is 9.53 Å². The monoisotopic (exact) mass is 474 g/mol. The van der Waals surface area contributed by atoms with Gasteiger partial charge in [-0.05, 0) is 72.6 Å². The molecule has 7 heteroatoms. The Morgan fingerprint density at radius 3 is 2.82 bits per heavy atom. The highest BCUT2D eigenvalue weighted by molar-refractivity contribution is 7.17. The summed E-state index contributed by atoms with van der Waals surface area (Å²) in [4.78, 5) is 15.6.